The molecule has 1 unspecified atom stereocenters. The molecule has 0 aliphatic heterocycles. The van der Waals surface area contributed by atoms with Crippen molar-refractivity contribution in [2.24, 2.45) is 5.92 Å². The fraction of sp³-hybridized carbons (Fsp3) is 0.417. The lowest BCUT2D eigenvalue weighted by molar-refractivity contribution is 0.0981. The number of rotatable bonds is 5. The highest BCUT2D eigenvalue weighted by atomic mass is 79.9. The number of carbonyl (C=O) groups excluding carboxylic acids is 1. The first-order chi connectivity index (χ1) is 8.34. The Morgan fingerprint density at radius 3 is 2.39 bits per heavy atom. The number of amides is 1. The minimum atomic E-state index is -3.56. The Kier molecular flexibility index (Phi) is 5.34. The van der Waals surface area contributed by atoms with Crippen LogP contribution < -0.4 is 4.72 Å². The van der Waals surface area contributed by atoms with Crippen LogP contribution in [0, 0.1) is 5.92 Å². The van der Waals surface area contributed by atoms with Gasteiger partial charge in [-0.05, 0) is 30.2 Å². The predicted molar refractivity (Wildman–Crippen MR) is 74.9 cm³/mol. The van der Waals surface area contributed by atoms with Crippen LogP contribution in [0.1, 0.15) is 30.6 Å². The fourth-order valence-electron chi connectivity index (χ4n) is 1.34. The molecule has 1 rings (SSSR count). The third kappa shape index (κ3) is 4.78. The maximum atomic E-state index is 11.7. The van der Waals surface area contributed by atoms with E-state index < -0.39 is 15.9 Å². The van der Waals surface area contributed by atoms with Crippen molar-refractivity contribution in [1.29, 1.82) is 0 Å². The zero-order valence-corrected chi connectivity index (χ0v) is 12.7. The lowest BCUT2D eigenvalue weighted by atomic mass is 10.2. The van der Waals surface area contributed by atoms with Crippen molar-refractivity contribution < 1.29 is 13.2 Å². The maximum Gasteiger partial charge on any atom is 0.264 e. The Hall–Kier alpha value is -0.880. The van der Waals surface area contributed by atoms with Gasteiger partial charge in [0.1, 0.15) is 0 Å². The van der Waals surface area contributed by atoms with E-state index >= 15 is 0 Å². The van der Waals surface area contributed by atoms with Crippen molar-refractivity contribution >= 4 is 31.9 Å². The molecule has 0 fully saturated rings. The van der Waals surface area contributed by atoms with Gasteiger partial charge in [0.05, 0.1) is 5.75 Å². The summed E-state index contributed by atoms with van der Waals surface area (Å²) in [6, 6.07) is 6.52. The molecule has 0 spiro atoms. The Morgan fingerprint density at radius 1 is 1.33 bits per heavy atom. The van der Waals surface area contributed by atoms with E-state index in [0.717, 1.165) is 10.9 Å². The highest BCUT2D eigenvalue weighted by molar-refractivity contribution is 9.10. The van der Waals surface area contributed by atoms with Gasteiger partial charge in [-0.1, -0.05) is 36.2 Å². The Labute approximate surface area is 116 Å². The third-order valence-electron chi connectivity index (χ3n) is 2.56. The zero-order valence-electron chi connectivity index (χ0n) is 10.3. The van der Waals surface area contributed by atoms with Gasteiger partial charge in [0.15, 0.2) is 0 Å². The summed E-state index contributed by atoms with van der Waals surface area (Å²) in [6.45, 7) is 3.75. The van der Waals surface area contributed by atoms with Gasteiger partial charge in [0, 0.05) is 10.0 Å². The summed E-state index contributed by atoms with van der Waals surface area (Å²) in [5, 5.41) is 0. The van der Waals surface area contributed by atoms with Crippen LogP contribution in [0.3, 0.4) is 0 Å². The molecule has 0 saturated carbocycles. The molecule has 0 heterocycles. The molecule has 0 radical (unpaired) electrons. The summed E-state index contributed by atoms with van der Waals surface area (Å²) >= 11 is 3.25. The van der Waals surface area contributed by atoms with Crippen molar-refractivity contribution in [1.82, 2.24) is 4.72 Å². The molecule has 1 aromatic carbocycles. The van der Waals surface area contributed by atoms with E-state index in [2.05, 4.69) is 20.7 Å². The molecular weight excluding hydrogens is 318 g/mol. The van der Waals surface area contributed by atoms with E-state index in [0.29, 0.717) is 5.56 Å². The lowest BCUT2D eigenvalue weighted by Crippen LogP contribution is -2.34. The van der Waals surface area contributed by atoms with Crippen molar-refractivity contribution in [3.63, 3.8) is 0 Å². The Balaban J connectivity index is 2.73. The van der Waals surface area contributed by atoms with E-state index in [4.69, 9.17) is 0 Å². The summed E-state index contributed by atoms with van der Waals surface area (Å²) in [6.07, 6.45) is 0.757. The average Bonchev–Trinajstić information content (AvgIpc) is 2.28. The number of sulfonamides is 1. The molecule has 100 valence electrons. The summed E-state index contributed by atoms with van der Waals surface area (Å²) in [5.41, 5.74) is 0.325. The van der Waals surface area contributed by atoms with Gasteiger partial charge < -0.3 is 0 Å². The fourth-order valence-corrected chi connectivity index (χ4v) is 3.07. The highest BCUT2D eigenvalue weighted by Gasteiger charge is 2.18. The van der Waals surface area contributed by atoms with E-state index in [1.54, 1.807) is 24.3 Å². The molecule has 0 aliphatic rings. The summed E-state index contributed by atoms with van der Waals surface area (Å²) < 4.78 is 26.3. The third-order valence-corrected chi connectivity index (χ3v) is 4.59. The number of benzene rings is 1. The first-order valence-corrected chi connectivity index (χ1v) is 8.09. The largest absolute Gasteiger partial charge is 0.268 e. The van der Waals surface area contributed by atoms with Gasteiger partial charge in [-0.2, -0.15) is 0 Å². The van der Waals surface area contributed by atoms with Crippen LogP contribution in [0.2, 0.25) is 0 Å². The number of nitrogens with one attached hydrogen (secondary N) is 1. The molecular formula is C12H16BrNO3S. The topological polar surface area (TPSA) is 63.2 Å². The van der Waals surface area contributed by atoms with Crippen LogP contribution in [-0.2, 0) is 10.0 Å². The molecule has 18 heavy (non-hydrogen) atoms. The predicted octanol–water partition coefficient (Wildman–Crippen LogP) is 2.55. The number of halogens is 1. The number of hydrogen-bond acceptors (Lipinski definition) is 3. The SMILES string of the molecule is CCC(C)CS(=O)(=O)NC(=O)c1ccc(Br)cc1. The second-order valence-electron chi connectivity index (χ2n) is 4.23. The van der Waals surface area contributed by atoms with Crippen molar-refractivity contribution in [3.05, 3.63) is 34.3 Å². The van der Waals surface area contributed by atoms with Crippen LogP contribution in [-0.4, -0.2) is 20.1 Å². The standard InChI is InChI=1S/C12H16BrNO3S/c1-3-9(2)8-18(16,17)14-12(15)10-4-6-11(13)7-5-10/h4-7,9H,3,8H2,1-2H3,(H,14,15). The smallest absolute Gasteiger partial charge is 0.264 e. The molecule has 1 amide bonds. The van der Waals surface area contributed by atoms with E-state index in [-0.39, 0.29) is 11.7 Å². The van der Waals surface area contributed by atoms with Crippen molar-refractivity contribution in [2.75, 3.05) is 5.75 Å². The van der Waals surface area contributed by atoms with Gasteiger partial charge in [-0.25, -0.2) is 13.1 Å². The summed E-state index contributed by atoms with van der Waals surface area (Å²) in [4.78, 5) is 11.7. The molecule has 0 aromatic heterocycles. The quantitative estimate of drug-likeness (QED) is 0.900. The maximum absolute atomic E-state index is 11.7. The molecule has 1 aromatic rings. The van der Waals surface area contributed by atoms with Gasteiger partial charge in [0.2, 0.25) is 10.0 Å². The van der Waals surface area contributed by atoms with Crippen LogP contribution in [0.4, 0.5) is 0 Å². The van der Waals surface area contributed by atoms with E-state index in [9.17, 15) is 13.2 Å². The van der Waals surface area contributed by atoms with Gasteiger partial charge in [0.25, 0.3) is 5.91 Å². The second kappa shape index (κ2) is 6.33. The molecule has 1 N–H and O–H groups in total. The normalized spacial score (nSPS) is 13.1. The molecule has 0 saturated heterocycles. The van der Waals surface area contributed by atoms with Crippen molar-refractivity contribution in [3.8, 4) is 0 Å². The van der Waals surface area contributed by atoms with Crippen LogP contribution in [0.25, 0.3) is 0 Å². The van der Waals surface area contributed by atoms with Gasteiger partial charge in [-0.15, -0.1) is 0 Å². The van der Waals surface area contributed by atoms with Gasteiger partial charge in [-0.3, -0.25) is 4.79 Å². The van der Waals surface area contributed by atoms with Crippen LogP contribution in [0.5, 0.6) is 0 Å². The van der Waals surface area contributed by atoms with Gasteiger partial charge >= 0.3 is 0 Å². The van der Waals surface area contributed by atoms with E-state index in [1.165, 1.54) is 0 Å². The van der Waals surface area contributed by atoms with Crippen molar-refractivity contribution in [2.45, 2.75) is 20.3 Å². The molecule has 0 bridgehead atoms. The molecule has 1 atom stereocenters. The average molecular weight is 334 g/mol. The number of carbonyl (C=O) groups is 1. The first-order valence-electron chi connectivity index (χ1n) is 5.64. The summed E-state index contributed by atoms with van der Waals surface area (Å²) in [5.74, 6) is -0.600. The van der Waals surface area contributed by atoms with Crippen LogP contribution in [0.15, 0.2) is 28.7 Å². The Morgan fingerprint density at radius 2 is 1.89 bits per heavy atom. The highest BCUT2D eigenvalue weighted by Crippen LogP contribution is 2.11. The first kappa shape index (κ1) is 15.2. The molecule has 4 nitrogen and oxygen atoms in total. The lowest BCUT2D eigenvalue weighted by Gasteiger charge is -2.10. The van der Waals surface area contributed by atoms with Crippen LogP contribution >= 0.6 is 15.9 Å². The number of hydrogen-bond donors (Lipinski definition) is 1. The zero-order chi connectivity index (χ0) is 13.8. The Bertz CT molecular complexity index is 511. The monoisotopic (exact) mass is 333 g/mol. The minimum Gasteiger partial charge on any atom is -0.268 e. The summed E-state index contributed by atoms with van der Waals surface area (Å²) in [7, 11) is -3.56. The second-order valence-corrected chi connectivity index (χ2v) is 6.92. The van der Waals surface area contributed by atoms with E-state index in [1.807, 2.05) is 13.8 Å². The molecule has 0 aliphatic carbocycles. The molecule has 6 heteroatoms. The minimum absolute atomic E-state index is 0.0280.